The van der Waals surface area contributed by atoms with E-state index in [0.29, 0.717) is 6.07 Å². The summed E-state index contributed by atoms with van der Waals surface area (Å²) in [5.41, 5.74) is -2.56. The fourth-order valence-corrected chi connectivity index (χ4v) is 1.95. The highest BCUT2D eigenvalue weighted by atomic mass is 19.2. The number of carboxylic acid groups (broad SMARTS) is 1. The lowest BCUT2D eigenvalue weighted by Crippen LogP contribution is -2.08. The first kappa shape index (κ1) is 17.4. The monoisotopic (exact) mass is 346 g/mol. The Kier molecular flexibility index (Phi) is 4.54. The second-order valence-corrected chi connectivity index (χ2v) is 4.55. The van der Waals surface area contributed by atoms with Crippen LogP contribution < -0.4 is 4.74 Å². The molecule has 0 saturated carbocycles. The van der Waals surface area contributed by atoms with E-state index < -0.39 is 63.5 Å². The van der Waals surface area contributed by atoms with Crippen molar-refractivity contribution >= 4 is 11.9 Å². The molecule has 24 heavy (non-hydrogen) atoms. The van der Waals surface area contributed by atoms with Gasteiger partial charge in [-0.1, -0.05) is 6.07 Å². The maximum absolute atomic E-state index is 13.8. The minimum Gasteiger partial charge on any atom is -0.478 e. The molecule has 0 aliphatic heterocycles. The van der Waals surface area contributed by atoms with Crippen molar-refractivity contribution in [3.8, 4) is 16.9 Å². The fourth-order valence-electron chi connectivity index (χ4n) is 1.95. The van der Waals surface area contributed by atoms with Crippen LogP contribution >= 0.6 is 0 Å². The van der Waals surface area contributed by atoms with Crippen molar-refractivity contribution in [1.82, 2.24) is 0 Å². The Morgan fingerprint density at radius 2 is 1.42 bits per heavy atom. The standard InChI is InChI=1S/C15H7F5O4/c1-5(21)24-8-3-2-6(4-7(8)15(22)23)9-10(16)12(18)14(20)13(19)11(9)17/h2-4H,1H3,(H,22,23). The summed E-state index contributed by atoms with van der Waals surface area (Å²) in [6.07, 6.45) is 0. The Labute approximate surface area is 131 Å². The number of esters is 1. The third-order valence-electron chi connectivity index (χ3n) is 2.96. The van der Waals surface area contributed by atoms with Crippen molar-refractivity contribution < 1.29 is 41.4 Å². The SMILES string of the molecule is CC(=O)Oc1ccc(-c2c(F)c(F)c(F)c(F)c2F)cc1C(=O)O. The van der Waals surface area contributed by atoms with Crippen LogP contribution in [0.1, 0.15) is 17.3 Å². The zero-order chi connectivity index (χ0) is 18.2. The normalized spacial score (nSPS) is 10.6. The first-order valence-corrected chi connectivity index (χ1v) is 6.22. The minimum absolute atomic E-state index is 0.442. The number of carbonyl (C=O) groups is 2. The van der Waals surface area contributed by atoms with Crippen molar-refractivity contribution in [3.63, 3.8) is 0 Å². The molecule has 2 aromatic carbocycles. The molecule has 0 saturated heterocycles. The number of halogens is 5. The van der Waals surface area contributed by atoms with Crippen LogP contribution in [0.15, 0.2) is 18.2 Å². The summed E-state index contributed by atoms with van der Waals surface area (Å²) in [6, 6.07) is 2.38. The van der Waals surface area contributed by atoms with Crippen LogP contribution in [-0.2, 0) is 4.79 Å². The lowest BCUT2D eigenvalue weighted by atomic mass is 10.0. The molecule has 0 aliphatic rings. The smallest absolute Gasteiger partial charge is 0.339 e. The molecule has 0 fully saturated rings. The van der Waals surface area contributed by atoms with E-state index in [1.807, 2.05) is 0 Å². The average Bonchev–Trinajstić information content (AvgIpc) is 2.51. The first-order valence-electron chi connectivity index (χ1n) is 6.22. The zero-order valence-corrected chi connectivity index (χ0v) is 11.8. The van der Waals surface area contributed by atoms with Crippen molar-refractivity contribution in [2.24, 2.45) is 0 Å². The fraction of sp³-hybridized carbons (Fsp3) is 0.0667. The number of ether oxygens (including phenoxy) is 1. The number of benzene rings is 2. The Morgan fingerprint density at radius 1 is 0.917 bits per heavy atom. The molecule has 0 heterocycles. The largest absolute Gasteiger partial charge is 0.478 e. The van der Waals surface area contributed by atoms with Crippen LogP contribution in [0.3, 0.4) is 0 Å². The molecule has 126 valence electrons. The number of hydrogen-bond acceptors (Lipinski definition) is 3. The molecule has 0 aliphatic carbocycles. The van der Waals surface area contributed by atoms with E-state index in [-0.39, 0.29) is 0 Å². The van der Waals surface area contributed by atoms with Crippen molar-refractivity contribution in [2.75, 3.05) is 0 Å². The van der Waals surface area contributed by atoms with E-state index in [9.17, 15) is 31.5 Å². The molecule has 0 spiro atoms. The predicted octanol–water partition coefficient (Wildman–Crippen LogP) is 3.67. The van der Waals surface area contributed by atoms with Crippen LogP contribution in [0.4, 0.5) is 22.0 Å². The van der Waals surface area contributed by atoms with Crippen LogP contribution in [0, 0.1) is 29.1 Å². The van der Waals surface area contributed by atoms with Gasteiger partial charge in [-0.15, -0.1) is 0 Å². The van der Waals surface area contributed by atoms with E-state index in [4.69, 9.17) is 5.11 Å². The number of aromatic carboxylic acids is 1. The molecule has 0 atom stereocenters. The molecule has 4 nitrogen and oxygen atoms in total. The highest BCUT2D eigenvalue weighted by molar-refractivity contribution is 5.93. The van der Waals surface area contributed by atoms with Gasteiger partial charge in [0.05, 0.1) is 5.56 Å². The molecule has 0 radical (unpaired) electrons. The second-order valence-electron chi connectivity index (χ2n) is 4.55. The van der Waals surface area contributed by atoms with Gasteiger partial charge >= 0.3 is 11.9 Å². The summed E-state index contributed by atoms with van der Waals surface area (Å²) in [6.45, 7) is 0.990. The van der Waals surface area contributed by atoms with Gasteiger partial charge in [0.25, 0.3) is 0 Å². The Balaban J connectivity index is 2.73. The summed E-state index contributed by atoms with van der Waals surface area (Å²) < 4.78 is 71.7. The lowest BCUT2D eigenvalue weighted by Gasteiger charge is -2.11. The topological polar surface area (TPSA) is 63.6 Å². The Morgan fingerprint density at radius 3 is 1.88 bits per heavy atom. The van der Waals surface area contributed by atoms with Gasteiger partial charge in [0.2, 0.25) is 5.82 Å². The van der Waals surface area contributed by atoms with Crippen molar-refractivity contribution in [2.45, 2.75) is 6.92 Å². The van der Waals surface area contributed by atoms with Crippen LogP contribution in [-0.4, -0.2) is 17.0 Å². The molecule has 0 aromatic heterocycles. The number of carbonyl (C=O) groups excluding carboxylic acids is 1. The van der Waals surface area contributed by atoms with E-state index >= 15 is 0 Å². The summed E-state index contributed by atoms with van der Waals surface area (Å²) in [5.74, 6) is -13.8. The molecule has 2 rings (SSSR count). The summed E-state index contributed by atoms with van der Waals surface area (Å²) >= 11 is 0. The summed E-state index contributed by atoms with van der Waals surface area (Å²) in [4.78, 5) is 22.1. The van der Waals surface area contributed by atoms with Crippen molar-refractivity contribution in [1.29, 1.82) is 0 Å². The Bertz CT molecular complexity index is 834. The van der Waals surface area contributed by atoms with Gasteiger partial charge < -0.3 is 9.84 Å². The second kappa shape index (κ2) is 6.26. The first-order chi connectivity index (χ1) is 11.1. The molecule has 0 bridgehead atoms. The molecular weight excluding hydrogens is 339 g/mol. The maximum Gasteiger partial charge on any atom is 0.339 e. The quantitative estimate of drug-likeness (QED) is 0.303. The van der Waals surface area contributed by atoms with Gasteiger partial charge in [0.1, 0.15) is 11.3 Å². The van der Waals surface area contributed by atoms with Gasteiger partial charge in [0, 0.05) is 6.92 Å². The lowest BCUT2D eigenvalue weighted by molar-refractivity contribution is -0.131. The molecule has 9 heteroatoms. The third-order valence-corrected chi connectivity index (χ3v) is 2.96. The van der Waals surface area contributed by atoms with Crippen LogP contribution in [0.5, 0.6) is 5.75 Å². The van der Waals surface area contributed by atoms with Gasteiger partial charge in [-0.05, 0) is 17.7 Å². The number of hydrogen-bond donors (Lipinski definition) is 1. The van der Waals surface area contributed by atoms with E-state index in [0.717, 1.165) is 19.1 Å². The predicted molar refractivity (Wildman–Crippen MR) is 69.9 cm³/mol. The zero-order valence-electron chi connectivity index (χ0n) is 11.8. The average molecular weight is 346 g/mol. The third kappa shape index (κ3) is 2.92. The van der Waals surface area contributed by atoms with Crippen LogP contribution in [0.25, 0.3) is 11.1 Å². The minimum atomic E-state index is -2.33. The highest BCUT2D eigenvalue weighted by Crippen LogP contribution is 2.34. The number of rotatable bonds is 3. The molecular formula is C15H7F5O4. The maximum atomic E-state index is 13.8. The summed E-state index contributed by atoms with van der Waals surface area (Å²) in [5, 5.41) is 9.05. The summed E-state index contributed by atoms with van der Waals surface area (Å²) in [7, 11) is 0. The van der Waals surface area contributed by atoms with Gasteiger partial charge in [-0.3, -0.25) is 4.79 Å². The molecule has 2 aromatic rings. The van der Waals surface area contributed by atoms with Crippen molar-refractivity contribution in [3.05, 3.63) is 52.8 Å². The van der Waals surface area contributed by atoms with E-state index in [1.54, 1.807) is 0 Å². The van der Waals surface area contributed by atoms with Gasteiger partial charge in [0.15, 0.2) is 23.3 Å². The van der Waals surface area contributed by atoms with Gasteiger partial charge in [-0.25, -0.2) is 26.7 Å². The highest BCUT2D eigenvalue weighted by Gasteiger charge is 2.27. The molecule has 0 amide bonds. The van der Waals surface area contributed by atoms with E-state index in [2.05, 4.69) is 4.74 Å². The number of carboxylic acids is 1. The molecule has 1 N–H and O–H groups in total. The van der Waals surface area contributed by atoms with Crippen LogP contribution in [0.2, 0.25) is 0 Å². The molecule has 0 unspecified atom stereocenters. The van der Waals surface area contributed by atoms with Gasteiger partial charge in [-0.2, -0.15) is 0 Å². The Hall–Kier alpha value is -2.97. The van der Waals surface area contributed by atoms with E-state index in [1.165, 1.54) is 0 Å².